The summed E-state index contributed by atoms with van der Waals surface area (Å²) < 4.78 is 0. The maximum absolute atomic E-state index is 5.52. The number of alkyl halides is 1. The third-order valence-corrected chi connectivity index (χ3v) is 1.82. The summed E-state index contributed by atoms with van der Waals surface area (Å²) in [6.07, 6.45) is 4.38. The van der Waals surface area contributed by atoms with E-state index in [9.17, 15) is 0 Å². The quantitative estimate of drug-likeness (QED) is 0.409. The zero-order valence-electron chi connectivity index (χ0n) is 7.46. The summed E-state index contributed by atoms with van der Waals surface area (Å²) in [7, 11) is 0. The molecular weight excluding hydrogens is 182 g/mol. The van der Waals surface area contributed by atoms with E-state index in [0.717, 1.165) is 25.0 Å². The van der Waals surface area contributed by atoms with Gasteiger partial charge in [0.25, 0.3) is 0 Å². The Bertz CT molecular complexity index is 284. The fourth-order valence-corrected chi connectivity index (χ4v) is 1.03. The lowest BCUT2D eigenvalue weighted by Gasteiger charge is -1.90. The van der Waals surface area contributed by atoms with E-state index in [1.165, 1.54) is 0 Å². The molecule has 0 aliphatic heterocycles. The Morgan fingerprint density at radius 2 is 2.23 bits per heavy atom. The third-order valence-electron chi connectivity index (χ3n) is 1.56. The number of hydrogen-bond donors (Lipinski definition) is 0. The van der Waals surface area contributed by atoms with Gasteiger partial charge in [-0.2, -0.15) is 0 Å². The molecule has 1 nitrogen and oxygen atoms in total. The molecule has 1 aromatic heterocycles. The molecule has 0 saturated heterocycles. The van der Waals surface area contributed by atoms with E-state index in [-0.39, 0.29) is 0 Å². The summed E-state index contributed by atoms with van der Waals surface area (Å²) in [4.78, 5) is 4.17. The molecule has 0 unspecified atom stereocenters. The molecule has 0 atom stereocenters. The van der Waals surface area contributed by atoms with Crippen LogP contribution in [0.1, 0.15) is 18.5 Å². The Labute approximate surface area is 84.1 Å². The van der Waals surface area contributed by atoms with Crippen molar-refractivity contribution in [3.63, 3.8) is 0 Å². The molecule has 0 aliphatic carbocycles. The van der Waals surface area contributed by atoms with E-state index in [0.29, 0.717) is 5.88 Å². The van der Waals surface area contributed by atoms with Crippen LogP contribution in [-0.4, -0.2) is 10.9 Å². The van der Waals surface area contributed by atoms with E-state index in [4.69, 9.17) is 11.6 Å². The number of halogens is 1. The van der Waals surface area contributed by atoms with Crippen LogP contribution >= 0.6 is 11.6 Å². The molecule has 0 N–H and O–H groups in total. The van der Waals surface area contributed by atoms with Crippen LogP contribution in [-0.2, 0) is 6.42 Å². The standard InChI is InChI=1S/C11H12ClN/c12-9-5-2-1-3-7-11-8-4-6-10-13-11/h4,6,8,10H,2,5,7,9H2. The van der Waals surface area contributed by atoms with Crippen molar-refractivity contribution in [3.8, 4) is 11.8 Å². The van der Waals surface area contributed by atoms with Crippen molar-refractivity contribution in [2.24, 2.45) is 0 Å². The van der Waals surface area contributed by atoms with Crippen molar-refractivity contribution in [2.45, 2.75) is 19.3 Å². The highest BCUT2D eigenvalue weighted by molar-refractivity contribution is 6.17. The van der Waals surface area contributed by atoms with E-state index < -0.39 is 0 Å². The van der Waals surface area contributed by atoms with Gasteiger partial charge in [0.05, 0.1) is 12.1 Å². The van der Waals surface area contributed by atoms with Crippen molar-refractivity contribution >= 4 is 11.6 Å². The van der Waals surface area contributed by atoms with Gasteiger partial charge in [-0.25, -0.2) is 0 Å². The zero-order valence-corrected chi connectivity index (χ0v) is 8.22. The van der Waals surface area contributed by atoms with E-state index >= 15 is 0 Å². The first kappa shape index (κ1) is 10.1. The Hall–Kier alpha value is -1.00. The highest BCUT2D eigenvalue weighted by Crippen LogP contribution is 1.94. The fraction of sp³-hybridized carbons (Fsp3) is 0.364. The van der Waals surface area contributed by atoms with Gasteiger partial charge in [0.2, 0.25) is 0 Å². The molecule has 1 rings (SSSR count). The minimum atomic E-state index is 0.693. The van der Waals surface area contributed by atoms with E-state index in [1.54, 1.807) is 6.20 Å². The number of unbranched alkanes of at least 4 members (excludes halogenated alkanes) is 1. The normalized spacial score (nSPS) is 9.00. The second-order valence-corrected chi connectivity index (χ2v) is 3.02. The predicted molar refractivity (Wildman–Crippen MR) is 55.7 cm³/mol. The lowest BCUT2D eigenvalue weighted by Crippen LogP contribution is -1.84. The molecule has 0 aromatic carbocycles. The van der Waals surface area contributed by atoms with Crippen LogP contribution in [0.2, 0.25) is 0 Å². The topological polar surface area (TPSA) is 12.9 Å². The van der Waals surface area contributed by atoms with Gasteiger partial charge in [0, 0.05) is 18.5 Å². The van der Waals surface area contributed by atoms with Gasteiger partial charge in [-0.05, 0) is 18.6 Å². The van der Waals surface area contributed by atoms with Gasteiger partial charge >= 0.3 is 0 Å². The molecule has 0 aliphatic rings. The molecule has 0 fully saturated rings. The van der Waals surface area contributed by atoms with Gasteiger partial charge in [0.1, 0.15) is 0 Å². The second-order valence-electron chi connectivity index (χ2n) is 2.64. The highest BCUT2D eigenvalue weighted by atomic mass is 35.5. The summed E-state index contributed by atoms with van der Waals surface area (Å²) in [6.45, 7) is 0. The van der Waals surface area contributed by atoms with E-state index in [2.05, 4.69) is 16.8 Å². The lowest BCUT2D eigenvalue weighted by atomic mass is 10.2. The monoisotopic (exact) mass is 193 g/mol. The zero-order chi connectivity index (χ0) is 9.36. The second kappa shape index (κ2) is 6.51. The maximum atomic E-state index is 5.52. The number of nitrogens with zero attached hydrogens (tertiary/aromatic N) is 1. The summed E-state index contributed by atoms with van der Waals surface area (Å²) in [6, 6.07) is 5.86. The smallest absolute Gasteiger partial charge is 0.0522 e. The average Bonchev–Trinajstić information content (AvgIpc) is 2.19. The molecule has 0 saturated carbocycles. The molecule has 0 bridgehead atoms. The van der Waals surface area contributed by atoms with E-state index in [1.807, 2.05) is 18.2 Å². The number of rotatable bonds is 3. The SMILES string of the molecule is ClCCCC#CCc1ccccn1. The summed E-state index contributed by atoms with van der Waals surface area (Å²) >= 11 is 5.52. The number of aromatic nitrogens is 1. The Morgan fingerprint density at radius 1 is 1.31 bits per heavy atom. The molecule has 0 spiro atoms. The fourth-order valence-electron chi connectivity index (χ4n) is 0.899. The van der Waals surface area contributed by atoms with Crippen LogP contribution in [0.15, 0.2) is 24.4 Å². The van der Waals surface area contributed by atoms with Crippen molar-refractivity contribution in [1.29, 1.82) is 0 Å². The van der Waals surface area contributed by atoms with Crippen LogP contribution in [0.3, 0.4) is 0 Å². The molecular formula is C11H12ClN. The van der Waals surface area contributed by atoms with Crippen LogP contribution in [0.25, 0.3) is 0 Å². The van der Waals surface area contributed by atoms with Crippen LogP contribution < -0.4 is 0 Å². The number of pyridine rings is 1. The summed E-state index contributed by atoms with van der Waals surface area (Å²) in [5.74, 6) is 6.82. The molecule has 68 valence electrons. The largest absolute Gasteiger partial charge is 0.260 e. The van der Waals surface area contributed by atoms with Crippen molar-refractivity contribution in [1.82, 2.24) is 4.98 Å². The minimum absolute atomic E-state index is 0.693. The van der Waals surface area contributed by atoms with Crippen LogP contribution in [0.4, 0.5) is 0 Å². The molecule has 1 aromatic rings. The minimum Gasteiger partial charge on any atom is -0.260 e. The van der Waals surface area contributed by atoms with Gasteiger partial charge in [0.15, 0.2) is 0 Å². The van der Waals surface area contributed by atoms with Crippen molar-refractivity contribution < 1.29 is 0 Å². The molecule has 0 radical (unpaired) electrons. The average molecular weight is 194 g/mol. The molecule has 0 amide bonds. The van der Waals surface area contributed by atoms with Gasteiger partial charge < -0.3 is 0 Å². The lowest BCUT2D eigenvalue weighted by molar-refractivity contribution is 0.989. The molecule has 2 heteroatoms. The predicted octanol–water partition coefficient (Wildman–Crippen LogP) is 2.65. The molecule has 1 heterocycles. The first-order valence-corrected chi connectivity index (χ1v) is 4.88. The Morgan fingerprint density at radius 3 is 2.92 bits per heavy atom. The Kier molecular flexibility index (Phi) is 5.05. The van der Waals surface area contributed by atoms with Gasteiger partial charge in [-0.3, -0.25) is 4.98 Å². The summed E-state index contributed by atoms with van der Waals surface area (Å²) in [5.41, 5.74) is 1.03. The number of hydrogen-bond acceptors (Lipinski definition) is 1. The third kappa shape index (κ3) is 4.55. The summed E-state index contributed by atoms with van der Waals surface area (Å²) in [5, 5.41) is 0. The first-order valence-electron chi connectivity index (χ1n) is 4.35. The van der Waals surface area contributed by atoms with Gasteiger partial charge in [-0.15, -0.1) is 17.5 Å². The van der Waals surface area contributed by atoms with Crippen molar-refractivity contribution in [2.75, 3.05) is 5.88 Å². The maximum Gasteiger partial charge on any atom is 0.0522 e. The van der Waals surface area contributed by atoms with Crippen LogP contribution in [0, 0.1) is 11.8 Å². The first-order chi connectivity index (χ1) is 6.43. The van der Waals surface area contributed by atoms with Crippen molar-refractivity contribution in [3.05, 3.63) is 30.1 Å². The van der Waals surface area contributed by atoms with Gasteiger partial charge in [-0.1, -0.05) is 12.0 Å². The highest BCUT2D eigenvalue weighted by Gasteiger charge is 1.86. The Balaban J connectivity index is 2.29. The van der Waals surface area contributed by atoms with Crippen LogP contribution in [0.5, 0.6) is 0 Å². The molecule has 13 heavy (non-hydrogen) atoms.